The summed E-state index contributed by atoms with van der Waals surface area (Å²) in [5, 5.41) is 8.67. The number of hydrogen-bond acceptors (Lipinski definition) is 3. The first-order valence-electron chi connectivity index (χ1n) is 9.84. The Morgan fingerprint density at radius 3 is 2.31 bits per heavy atom. The van der Waals surface area contributed by atoms with Gasteiger partial charge in [-0.15, -0.1) is 0 Å². The third-order valence-electron chi connectivity index (χ3n) is 4.38. The van der Waals surface area contributed by atoms with E-state index in [9.17, 15) is 14.4 Å². The maximum absolute atomic E-state index is 12.3. The molecule has 4 amide bonds. The largest absolute Gasteiger partial charge is 0.350 e. The van der Waals surface area contributed by atoms with E-state index in [1.807, 2.05) is 27.7 Å². The molecule has 0 atom stereocenters. The van der Waals surface area contributed by atoms with Gasteiger partial charge < -0.3 is 20.9 Å². The average molecular weight is 369 g/mol. The van der Waals surface area contributed by atoms with Gasteiger partial charge in [0, 0.05) is 31.1 Å². The summed E-state index contributed by atoms with van der Waals surface area (Å²) in [5.74, 6) is -0.219. The Bertz CT molecular complexity index is 468. The number of amides is 4. The summed E-state index contributed by atoms with van der Waals surface area (Å²) in [5.41, 5.74) is -0.310. The average Bonchev–Trinajstić information content (AvgIpc) is 2.55. The molecule has 26 heavy (non-hydrogen) atoms. The van der Waals surface area contributed by atoms with Crippen LogP contribution in [-0.4, -0.2) is 54.0 Å². The molecular formula is C19H36N4O3. The summed E-state index contributed by atoms with van der Waals surface area (Å²) in [6.07, 6.45) is 6.59. The van der Waals surface area contributed by atoms with Crippen LogP contribution in [0.5, 0.6) is 0 Å². The molecule has 0 unspecified atom stereocenters. The standard InChI is InChI=1S/C19H36N4O3/c1-5-23(14-16(24)22-19(2,3)4)17(25)12-9-13-20-18(26)21-15-10-7-6-8-11-15/h15H,5-14H2,1-4H3,(H,22,24)(H2,20,21,26). The van der Waals surface area contributed by atoms with Crippen molar-refractivity contribution in [2.75, 3.05) is 19.6 Å². The molecule has 1 fully saturated rings. The molecule has 0 aromatic carbocycles. The van der Waals surface area contributed by atoms with Crippen molar-refractivity contribution in [1.29, 1.82) is 0 Å². The first kappa shape index (κ1) is 22.3. The number of carbonyl (C=O) groups excluding carboxylic acids is 3. The summed E-state index contributed by atoms with van der Waals surface area (Å²) in [6.45, 7) is 8.61. The van der Waals surface area contributed by atoms with E-state index in [4.69, 9.17) is 0 Å². The van der Waals surface area contributed by atoms with Crippen LogP contribution in [0.1, 0.15) is 72.6 Å². The van der Waals surface area contributed by atoms with Crippen molar-refractivity contribution in [3.05, 3.63) is 0 Å². The number of nitrogens with one attached hydrogen (secondary N) is 3. The Hall–Kier alpha value is -1.79. The monoisotopic (exact) mass is 368 g/mol. The predicted octanol–water partition coefficient (Wildman–Crippen LogP) is 2.16. The molecule has 0 aromatic heterocycles. The Morgan fingerprint density at radius 2 is 1.73 bits per heavy atom. The lowest BCUT2D eigenvalue weighted by atomic mass is 9.96. The molecule has 0 spiro atoms. The van der Waals surface area contributed by atoms with E-state index in [2.05, 4.69) is 16.0 Å². The molecule has 1 aliphatic rings. The van der Waals surface area contributed by atoms with Crippen LogP contribution in [0.3, 0.4) is 0 Å². The van der Waals surface area contributed by atoms with Gasteiger partial charge in [0.05, 0.1) is 6.54 Å². The first-order chi connectivity index (χ1) is 12.2. The van der Waals surface area contributed by atoms with Crippen molar-refractivity contribution in [3.8, 4) is 0 Å². The third-order valence-corrected chi connectivity index (χ3v) is 4.38. The second kappa shape index (κ2) is 11.0. The minimum Gasteiger partial charge on any atom is -0.350 e. The Morgan fingerprint density at radius 1 is 1.08 bits per heavy atom. The molecule has 3 N–H and O–H groups in total. The lowest BCUT2D eigenvalue weighted by molar-refractivity contribution is -0.136. The molecule has 1 saturated carbocycles. The highest BCUT2D eigenvalue weighted by Gasteiger charge is 2.19. The molecule has 0 aliphatic heterocycles. The van der Waals surface area contributed by atoms with E-state index >= 15 is 0 Å². The van der Waals surface area contributed by atoms with E-state index in [1.54, 1.807) is 4.90 Å². The Labute approximate surface area is 157 Å². The second-order valence-electron chi connectivity index (χ2n) is 8.04. The second-order valence-corrected chi connectivity index (χ2v) is 8.04. The molecule has 0 heterocycles. The van der Waals surface area contributed by atoms with Crippen LogP contribution in [0.4, 0.5) is 4.79 Å². The van der Waals surface area contributed by atoms with Crippen molar-refractivity contribution in [1.82, 2.24) is 20.9 Å². The van der Waals surface area contributed by atoms with Crippen molar-refractivity contribution in [2.45, 2.75) is 84.2 Å². The van der Waals surface area contributed by atoms with Crippen molar-refractivity contribution < 1.29 is 14.4 Å². The van der Waals surface area contributed by atoms with Crippen LogP contribution >= 0.6 is 0 Å². The summed E-state index contributed by atoms with van der Waals surface area (Å²) in [7, 11) is 0. The fourth-order valence-corrected chi connectivity index (χ4v) is 3.09. The molecule has 7 heteroatoms. The normalized spacial score (nSPS) is 15.2. The topological polar surface area (TPSA) is 90.5 Å². The summed E-state index contributed by atoms with van der Waals surface area (Å²) in [6, 6.07) is 0.128. The summed E-state index contributed by atoms with van der Waals surface area (Å²) < 4.78 is 0. The SMILES string of the molecule is CCN(CC(=O)NC(C)(C)C)C(=O)CCCNC(=O)NC1CCCCC1. The minimum absolute atomic E-state index is 0.0638. The van der Waals surface area contributed by atoms with Gasteiger partial charge in [-0.1, -0.05) is 19.3 Å². The molecule has 150 valence electrons. The smallest absolute Gasteiger partial charge is 0.315 e. The van der Waals surface area contributed by atoms with Crippen LogP contribution in [0.25, 0.3) is 0 Å². The quantitative estimate of drug-likeness (QED) is 0.574. The van der Waals surface area contributed by atoms with Crippen LogP contribution in [0.2, 0.25) is 0 Å². The fraction of sp³-hybridized carbons (Fsp3) is 0.842. The van der Waals surface area contributed by atoms with Crippen LogP contribution in [-0.2, 0) is 9.59 Å². The summed E-state index contributed by atoms with van der Waals surface area (Å²) >= 11 is 0. The number of likely N-dealkylation sites (N-methyl/N-ethyl adjacent to an activating group) is 1. The van der Waals surface area contributed by atoms with Gasteiger partial charge in [-0.3, -0.25) is 9.59 Å². The van der Waals surface area contributed by atoms with E-state index in [0.29, 0.717) is 25.9 Å². The van der Waals surface area contributed by atoms with Gasteiger partial charge in [-0.05, 0) is 47.0 Å². The number of hydrogen-bond donors (Lipinski definition) is 3. The van der Waals surface area contributed by atoms with Crippen LogP contribution in [0.15, 0.2) is 0 Å². The first-order valence-corrected chi connectivity index (χ1v) is 9.84. The molecule has 7 nitrogen and oxygen atoms in total. The van der Waals surface area contributed by atoms with Gasteiger partial charge in [-0.25, -0.2) is 4.79 Å². The zero-order valence-corrected chi connectivity index (χ0v) is 16.8. The van der Waals surface area contributed by atoms with E-state index in [-0.39, 0.29) is 36.0 Å². The van der Waals surface area contributed by atoms with Crippen LogP contribution < -0.4 is 16.0 Å². The molecule has 1 aliphatic carbocycles. The molecule has 0 aromatic rings. The zero-order valence-electron chi connectivity index (χ0n) is 16.8. The lowest BCUT2D eigenvalue weighted by Gasteiger charge is -2.25. The highest BCUT2D eigenvalue weighted by atomic mass is 16.2. The fourth-order valence-electron chi connectivity index (χ4n) is 3.09. The highest BCUT2D eigenvalue weighted by Crippen LogP contribution is 2.17. The van der Waals surface area contributed by atoms with E-state index in [0.717, 1.165) is 12.8 Å². The number of nitrogens with zero attached hydrogens (tertiary/aromatic N) is 1. The van der Waals surface area contributed by atoms with E-state index < -0.39 is 0 Å². The molecule has 1 rings (SSSR count). The van der Waals surface area contributed by atoms with Crippen LogP contribution in [0, 0.1) is 0 Å². The van der Waals surface area contributed by atoms with E-state index in [1.165, 1.54) is 19.3 Å². The van der Waals surface area contributed by atoms with Crippen molar-refractivity contribution in [3.63, 3.8) is 0 Å². The minimum atomic E-state index is -0.310. The third kappa shape index (κ3) is 9.63. The van der Waals surface area contributed by atoms with Crippen molar-refractivity contribution >= 4 is 17.8 Å². The maximum atomic E-state index is 12.3. The molecular weight excluding hydrogens is 332 g/mol. The molecule has 0 radical (unpaired) electrons. The number of rotatable bonds is 8. The van der Waals surface area contributed by atoms with Gasteiger partial charge >= 0.3 is 6.03 Å². The van der Waals surface area contributed by atoms with Gasteiger partial charge in [0.25, 0.3) is 0 Å². The predicted molar refractivity (Wildman–Crippen MR) is 103 cm³/mol. The van der Waals surface area contributed by atoms with Crippen molar-refractivity contribution in [2.24, 2.45) is 0 Å². The summed E-state index contributed by atoms with van der Waals surface area (Å²) in [4.78, 5) is 37.6. The van der Waals surface area contributed by atoms with Gasteiger partial charge in [0.15, 0.2) is 0 Å². The zero-order chi connectivity index (χ0) is 19.6. The Balaban J connectivity index is 2.22. The van der Waals surface area contributed by atoms with Gasteiger partial charge in [-0.2, -0.15) is 0 Å². The maximum Gasteiger partial charge on any atom is 0.315 e. The Kier molecular flexibility index (Phi) is 9.44. The van der Waals surface area contributed by atoms with Gasteiger partial charge in [0.1, 0.15) is 0 Å². The number of urea groups is 1. The highest BCUT2D eigenvalue weighted by molar-refractivity contribution is 5.85. The van der Waals surface area contributed by atoms with Gasteiger partial charge in [0.2, 0.25) is 11.8 Å². The lowest BCUT2D eigenvalue weighted by Crippen LogP contribution is -2.47. The molecule has 0 saturated heterocycles. The number of carbonyl (C=O) groups is 3. The molecule has 0 bridgehead atoms.